The summed E-state index contributed by atoms with van der Waals surface area (Å²) in [7, 11) is 1.69. The zero-order valence-corrected chi connectivity index (χ0v) is 18.5. The van der Waals surface area contributed by atoms with E-state index in [0.29, 0.717) is 6.54 Å². The van der Waals surface area contributed by atoms with Crippen LogP contribution in [0.4, 0.5) is 4.79 Å². The number of hydrogen-bond acceptors (Lipinski definition) is 6. The average molecular weight is 425 g/mol. The number of guanidine groups is 1. The van der Waals surface area contributed by atoms with E-state index in [4.69, 9.17) is 4.99 Å². The monoisotopic (exact) mass is 424 g/mol. The Hall–Kier alpha value is -2.87. The lowest BCUT2D eigenvalue weighted by Gasteiger charge is -2.40. The van der Waals surface area contributed by atoms with Gasteiger partial charge in [-0.1, -0.05) is 42.5 Å². The van der Waals surface area contributed by atoms with Crippen LogP contribution >= 0.6 is 0 Å². The maximum Gasteiger partial charge on any atom is 0.325 e. The van der Waals surface area contributed by atoms with Gasteiger partial charge in [-0.3, -0.25) is 15.0 Å². The molecule has 3 heterocycles. The molecule has 1 aromatic carbocycles. The highest BCUT2D eigenvalue weighted by Crippen LogP contribution is 2.26. The van der Waals surface area contributed by atoms with E-state index in [9.17, 15) is 9.59 Å². The summed E-state index contributed by atoms with van der Waals surface area (Å²) in [6, 6.07) is 9.71. The van der Waals surface area contributed by atoms with Crippen LogP contribution in [-0.4, -0.2) is 96.0 Å². The van der Waals surface area contributed by atoms with Gasteiger partial charge in [0.05, 0.1) is 0 Å². The molecule has 0 saturated carbocycles. The van der Waals surface area contributed by atoms with Gasteiger partial charge in [0.1, 0.15) is 0 Å². The molecule has 2 fully saturated rings. The van der Waals surface area contributed by atoms with E-state index in [0.717, 1.165) is 57.1 Å². The van der Waals surface area contributed by atoms with Crippen LogP contribution in [0.3, 0.4) is 0 Å². The molecule has 0 aliphatic carbocycles. The van der Waals surface area contributed by atoms with Crippen molar-refractivity contribution in [2.24, 2.45) is 4.99 Å². The maximum absolute atomic E-state index is 12.6. The molecule has 166 valence electrons. The van der Waals surface area contributed by atoms with Gasteiger partial charge in [-0.15, -0.1) is 0 Å². The predicted molar refractivity (Wildman–Crippen MR) is 121 cm³/mol. The molecule has 0 spiro atoms. The number of nitrogens with one attached hydrogen (secondary N) is 1. The number of benzene rings is 1. The molecule has 4 rings (SSSR count). The van der Waals surface area contributed by atoms with Gasteiger partial charge in [-0.05, 0) is 31.9 Å². The van der Waals surface area contributed by atoms with Crippen molar-refractivity contribution in [3.63, 3.8) is 0 Å². The fourth-order valence-corrected chi connectivity index (χ4v) is 4.56. The first-order valence-electron chi connectivity index (χ1n) is 11.0. The van der Waals surface area contributed by atoms with Gasteiger partial charge in [0.25, 0.3) is 5.91 Å². The normalized spacial score (nSPS) is 24.2. The maximum atomic E-state index is 12.6. The molecule has 3 aliphatic rings. The highest BCUT2D eigenvalue weighted by atomic mass is 16.2. The number of amides is 3. The Morgan fingerprint density at radius 2 is 1.87 bits per heavy atom. The summed E-state index contributed by atoms with van der Waals surface area (Å²) < 4.78 is 0. The summed E-state index contributed by atoms with van der Waals surface area (Å²) in [6.45, 7) is 11.2. The van der Waals surface area contributed by atoms with Gasteiger partial charge in [0, 0.05) is 39.8 Å². The Kier molecular flexibility index (Phi) is 6.27. The number of nitrogens with zero attached hydrogens (tertiary/aromatic N) is 5. The number of urea groups is 1. The standard InChI is InChI=1S/C23H32N6O2/c1-17(2)16-29-19-20(26(3)23(31)25-21(19)30)24-22(29)28-14-12-27(13-15-28)11-7-10-18-8-5-4-6-9-18/h4-6,8-9,19-20H,1,7,10-16H2,2-3H3,(H,25,30,31). The zero-order chi connectivity index (χ0) is 22.0. The van der Waals surface area contributed by atoms with Crippen LogP contribution < -0.4 is 5.32 Å². The van der Waals surface area contributed by atoms with E-state index < -0.39 is 18.2 Å². The van der Waals surface area contributed by atoms with Gasteiger partial charge in [0.2, 0.25) is 0 Å². The summed E-state index contributed by atoms with van der Waals surface area (Å²) in [6.07, 6.45) is 1.75. The number of imide groups is 1. The summed E-state index contributed by atoms with van der Waals surface area (Å²) in [5.41, 5.74) is 2.34. The smallest absolute Gasteiger partial charge is 0.325 e. The van der Waals surface area contributed by atoms with Crippen LogP contribution in [0.15, 0.2) is 47.5 Å². The second-order valence-electron chi connectivity index (χ2n) is 8.70. The average Bonchev–Trinajstić information content (AvgIpc) is 3.12. The fourth-order valence-electron chi connectivity index (χ4n) is 4.56. The summed E-state index contributed by atoms with van der Waals surface area (Å²) in [5.74, 6) is 0.520. The molecular formula is C23H32N6O2. The fraction of sp³-hybridized carbons (Fsp3) is 0.522. The number of carbonyl (C=O) groups excluding carboxylic acids is 2. The van der Waals surface area contributed by atoms with Crippen molar-refractivity contribution in [2.45, 2.75) is 32.0 Å². The Morgan fingerprint density at radius 1 is 1.16 bits per heavy atom. The molecule has 0 radical (unpaired) electrons. The third-order valence-corrected chi connectivity index (χ3v) is 6.22. The molecule has 31 heavy (non-hydrogen) atoms. The number of aryl methyl sites for hydroxylation is 1. The number of carbonyl (C=O) groups is 2. The Labute approximate surface area is 184 Å². The van der Waals surface area contributed by atoms with Gasteiger partial charge in [0.15, 0.2) is 18.2 Å². The predicted octanol–water partition coefficient (Wildman–Crippen LogP) is 1.36. The van der Waals surface area contributed by atoms with E-state index in [1.165, 1.54) is 10.5 Å². The van der Waals surface area contributed by atoms with Crippen LogP contribution in [0.25, 0.3) is 0 Å². The second-order valence-corrected chi connectivity index (χ2v) is 8.70. The van der Waals surface area contributed by atoms with Crippen molar-refractivity contribution < 1.29 is 9.59 Å². The molecule has 1 N–H and O–H groups in total. The van der Waals surface area contributed by atoms with Crippen LogP contribution in [-0.2, 0) is 11.2 Å². The number of likely N-dealkylation sites (N-methyl/N-ethyl adjacent to an activating group) is 1. The van der Waals surface area contributed by atoms with Crippen molar-refractivity contribution in [3.8, 4) is 0 Å². The van der Waals surface area contributed by atoms with Crippen LogP contribution in [0, 0.1) is 0 Å². The third-order valence-electron chi connectivity index (χ3n) is 6.22. The molecule has 0 aromatic heterocycles. The number of piperazine rings is 1. The number of fused-ring (bicyclic) bond motifs is 1. The van der Waals surface area contributed by atoms with Crippen LogP contribution in [0.1, 0.15) is 18.9 Å². The van der Waals surface area contributed by atoms with E-state index in [2.05, 4.69) is 52.0 Å². The number of rotatable bonds is 6. The molecule has 2 saturated heterocycles. The lowest BCUT2D eigenvalue weighted by Crippen LogP contribution is -2.64. The number of hydrogen-bond donors (Lipinski definition) is 1. The molecule has 0 bridgehead atoms. The van der Waals surface area contributed by atoms with Gasteiger partial charge in [-0.2, -0.15) is 0 Å². The molecule has 3 amide bonds. The first-order chi connectivity index (χ1) is 14.9. The van der Waals surface area contributed by atoms with E-state index in [-0.39, 0.29) is 5.91 Å². The summed E-state index contributed by atoms with van der Waals surface area (Å²) >= 11 is 0. The van der Waals surface area contributed by atoms with Crippen molar-refractivity contribution in [1.82, 2.24) is 24.9 Å². The minimum atomic E-state index is -0.502. The van der Waals surface area contributed by atoms with Crippen molar-refractivity contribution >= 4 is 17.9 Å². The molecule has 8 nitrogen and oxygen atoms in total. The molecule has 1 aromatic rings. The zero-order valence-electron chi connectivity index (χ0n) is 18.5. The van der Waals surface area contributed by atoms with Crippen LogP contribution in [0.5, 0.6) is 0 Å². The molecule has 3 aliphatic heterocycles. The molecule has 2 atom stereocenters. The highest BCUT2D eigenvalue weighted by Gasteiger charge is 2.49. The Balaban J connectivity index is 1.37. The quantitative estimate of drug-likeness (QED) is 0.699. The van der Waals surface area contributed by atoms with E-state index in [1.54, 1.807) is 7.05 Å². The van der Waals surface area contributed by atoms with E-state index >= 15 is 0 Å². The SMILES string of the molecule is C=C(C)CN1C(N2CCN(CCCc3ccccc3)CC2)=NC2C1C(=O)NC(=O)N2C. The van der Waals surface area contributed by atoms with Gasteiger partial charge < -0.3 is 14.7 Å². The second kappa shape index (κ2) is 9.09. The summed E-state index contributed by atoms with van der Waals surface area (Å²) in [4.78, 5) is 37.8. The van der Waals surface area contributed by atoms with Gasteiger partial charge in [-0.25, -0.2) is 9.79 Å². The topological polar surface area (TPSA) is 71.5 Å². The largest absolute Gasteiger partial charge is 0.340 e. The van der Waals surface area contributed by atoms with Crippen molar-refractivity contribution in [1.29, 1.82) is 0 Å². The summed E-state index contributed by atoms with van der Waals surface area (Å²) in [5, 5.41) is 2.45. The van der Waals surface area contributed by atoms with Crippen molar-refractivity contribution in [2.75, 3.05) is 46.3 Å². The molecule has 2 unspecified atom stereocenters. The van der Waals surface area contributed by atoms with Gasteiger partial charge >= 0.3 is 6.03 Å². The third kappa shape index (κ3) is 4.58. The Morgan fingerprint density at radius 3 is 2.55 bits per heavy atom. The number of aliphatic imine (C=N–C) groups is 1. The first-order valence-corrected chi connectivity index (χ1v) is 11.0. The lowest BCUT2D eigenvalue weighted by molar-refractivity contribution is -0.127. The van der Waals surface area contributed by atoms with Crippen molar-refractivity contribution in [3.05, 3.63) is 48.0 Å². The lowest BCUT2D eigenvalue weighted by atomic mass is 10.1. The molecular weight excluding hydrogens is 392 g/mol. The van der Waals surface area contributed by atoms with Crippen LogP contribution in [0.2, 0.25) is 0 Å². The minimum absolute atomic E-state index is 0.285. The minimum Gasteiger partial charge on any atom is -0.340 e. The molecule has 8 heteroatoms. The Bertz CT molecular complexity index is 862. The van der Waals surface area contributed by atoms with E-state index in [1.807, 2.05) is 11.8 Å². The first kappa shape index (κ1) is 21.4. The highest BCUT2D eigenvalue weighted by molar-refractivity contribution is 6.03.